The first-order valence-electron chi connectivity index (χ1n) is 11.8. The monoisotopic (exact) mass is 421 g/mol. The molecule has 3 nitrogen and oxygen atoms in total. The SMILES string of the molecule is C=C1CC/C(=C/C=C2\CCCC3(C)C2CC[C@@H]3CCN2CC(OC(F)F)C2)CC1O. The highest BCUT2D eigenvalue weighted by Crippen LogP contribution is 2.58. The van der Waals surface area contributed by atoms with Crippen molar-refractivity contribution in [2.24, 2.45) is 17.3 Å². The van der Waals surface area contributed by atoms with E-state index in [1.54, 1.807) is 5.57 Å². The number of halogens is 2. The molecule has 4 aliphatic rings. The van der Waals surface area contributed by atoms with Gasteiger partial charge >= 0.3 is 6.61 Å². The van der Waals surface area contributed by atoms with Gasteiger partial charge in [-0.2, -0.15) is 8.78 Å². The van der Waals surface area contributed by atoms with Crippen molar-refractivity contribution in [3.8, 4) is 0 Å². The van der Waals surface area contributed by atoms with Crippen LogP contribution in [0.3, 0.4) is 0 Å². The first kappa shape index (κ1) is 22.2. The number of fused-ring (bicyclic) bond motifs is 1. The quantitative estimate of drug-likeness (QED) is 0.577. The number of alkyl halides is 2. The second-order valence-electron chi connectivity index (χ2n) is 10.2. The number of rotatable bonds is 6. The molecule has 0 amide bonds. The molecule has 4 fully saturated rings. The lowest BCUT2D eigenvalue weighted by Crippen LogP contribution is -2.53. The number of ether oxygens (including phenoxy) is 1. The van der Waals surface area contributed by atoms with Gasteiger partial charge in [0.05, 0.1) is 12.2 Å². The van der Waals surface area contributed by atoms with Crippen molar-refractivity contribution >= 4 is 0 Å². The molecular formula is C25H37F2NO2. The number of likely N-dealkylation sites (tertiary alicyclic amines) is 1. The molecule has 3 saturated carbocycles. The summed E-state index contributed by atoms with van der Waals surface area (Å²) in [4.78, 5) is 2.26. The lowest BCUT2D eigenvalue weighted by atomic mass is 9.63. The number of nitrogens with zero attached hydrogens (tertiary/aromatic N) is 1. The number of hydrogen-bond acceptors (Lipinski definition) is 3. The molecule has 0 radical (unpaired) electrons. The minimum Gasteiger partial charge on any atom is -0.388 e. The maximum absolute atomic E-state index is 12.3. The van der Waals surface area contributed by atoms with Gasteiger partial charge in [0.1, 0.15) is 0 Å². The third-order valence-electron chi connectivity index (χ3n) is 8.40. The van der Waals surface area contributed by atoms with Crippen molar-refractivity contribution in [3.63, 3.8) is 0 Å². The molecule has 0 aromatic carbocycles. The number of hydrogen-bond donors (Lipinski definition) is 1. The molecule has 168 valence electrons. The largest absolute Gasteiger partial charge is 0.388 e. The standard InChI is InChI=1S/C25H37F2NO2/c1-17-5-6-18(14-23(17)29)7-8-19-4-3-12-25(2)20(9-10-22(19)25)11-13-28-15-21(16-28)30-24(26)27/h7-8,20-24,29H,1,3-6,9-16H2,2H3/b18-7-,19-8+/t20-,22?,23?,25?/m1/s1. The number of aliphatic hydroxyl groups is 1. The van der Waals surface area contributed by atoms with Gasteiger partial charge in [0.25, 0.3) is 0 Å². The van der Waals surface area contributed by atoms with Gasteiger partial charge in [0.2, 0.25) is 0 Å². The second kappa shape index (κ2) is 9.22. The Balaban J connectivity index is 1.32. The van der Waals surface area contributed by atoms with Crippen LogP contribution in [0.4, 0.5) is 8.78 Å². The van der Waals surface area contributed by atoms with Gasteiger partial charge in [-0.15, -0.1) is 0 Å². The summed E-state index contributed by atoms with van der Waals surface area (Å²) in [5, 5.41) is 10.1. The zero-order valence-electron chi connectivity index (χ0n) is 18.3. The van der Waals surface area contributed by atoms with E-state index >= 15 is 0 Å². The predicted octanol–water partition coefficient (Wildman–Crippen LogP) is 5.47. The summed E-state index contributed by atoms with van der Waals surface area (Å²) in [6.45, 7) is 6.10. The van der Waals surface area contributed by atoms with E-state index in [4.69, 9.17) is 0 Å². The van der Waals surface area contributed by atoms with Crippen LogP contribution in [-0.4, -0.2) is 48.5 Å². The fourth-order valence-corrected chi connectivity index (χ4v) is 6.45. The van der Waals surface area contributed by atoms with E-state index in [0.29, 0.717) is 30.3 Å². The summed E-state index contributed by atoms with van der Waals surface area (Å²) in [6, 6.07) is 0. The Hall–Kier alpha value is -1.04. The third kappa shape index (κ3) is 4.73. The van der Waals surface area contributed by atoms with Gasteiger partial charge in [0.15, 0.2) is 0 Å². The second-order valence-corrected chi connectivity index (χ2v) is 10.2. The average molecular weight is 422 g/mol. The van der Waals surface area contributed by atoms with E-state index < -0.39 is 6.61 Å². The Morgan fingerprint density at radius 2 is 2.03 bits per heavy atom. The van der Waals surface area contributed by atoms with Crippen LogP contribution >= 0.6 is 0 Å². The minimum absolute atomic E-state index is 0.287. The highest BCUT2D eigenvalue weighted by Gasteiger charge is 2.49. The van der Waals surface area contributed by atoms with Gasteiger partial charge in [0, 0.05) is 13.1 Å². The maximum Gasteiger partial charge on any atom is 0.345 e. The molecule has 5 heteroatoms. The molecule has 0 bridgehead atoms. The van der Waals surface area contributed by atoms with E-state index in [2.05, 4.69) is 35.3 Å². The van der Waals surface area contributed by atoms with Crippen molar-refractivity contribution in [2.75, 3.05) is 19.6 Å². The molecule has 1 aliphatic heterocycles. The van der Waals surface area contributed by atoms with E-state index in [1.165, 1.54) is 37.7 Å². The Morgan fingerprint density at radius 1 is 1.23 bits per heavy atom. The average Bonchev–Trinajstić information content (AvgIpc) is 3.01. The van der Waals surface area contributed by atoms with Crippen LogP contribution in [0.1, 0.15) is 64.7 Å². The molecule has 1 heterocycles. The molecule has 4 rings (SSSR count). The molecule has 1 N–H and O–H groups in total. The maximum atomic E-state index is 12.3. The number of aliphatic hydroxyl groups excluding tert-OH is 1. The molecule has 3 aliphatic carbocycles. The summed E-state index contributed by atoms with van der Waals surface area (Å²) < 4.78 is 29.2. The van der Waals surface area contributed by atoms with Crippen molar-refractivity contribution in [1.29, 1.82) is 0 Å². The zero-order valence-corrected chi connectivity index (χ0v) is 18.3. The Morgan fingerprint density at radius 3 is 2.77 bits per heavy atom. The van der Waals surface area contributed by atoms with Gasteiger partial charge < -0.3 is 9.84 Å². The van der Waals surface area contributed by atoms with E-state index in [1.807, 2.05) is 0 Å². The Kier molecular flexibility index (Phi) is 6.81. The summed E-state index contributed by atoms with van der Waals surface area (Å²) in [5.74, 6) is 1.39. The van der Waals surface area contributed by atoms with Crippen LogP contribution in [-0.2, 0) is 4.74 Å². The van der Waals surface area contributed by atoms with Crippen molar-refractivity contribution in [1.82, 2.24) is 4.90 Å². The van der Waals surface area contributed by atoms with Crippen molar-refractivity contribution < 1.29 is 18.6 Å². The first-order valence-corrected chi connectivity index (χ1v) is 11.8. The highest BCUT2D eigenvalue weighted by atomic mass is 19.3. The van der Waals surface area contributed by atoms with Gasteiger partial charge in [-0.1, -0.05) is 36.8 Å². The van der Waals surface area contributed by atoms with Crippen LogP contribution in [0.2, 0.25) is 0 Å². The van der Waals surface area contributed by atoms with Crippen LogP contribution < -0.4 is 0 Å². The normalized spacial score (nSPS) is 38.4. The summed E-state index contributed by atoms with van der Waals surface area (Å²) in [6.07, 6.45) is 14.1. The molecule has 1 saturated heterocycles. The third-order valence-corrected chi connectivity index (χ3v) is 8.40. The van der Waals surface area contributed by atoms with Crippen molar-refractivity contribution in [3.05, 3.63) is 35.5 Å². The lowest BCUT2D eigenvalue weighted by Gasteiger charge is -2.44. The lowest BCUT2D eigenvalue weighted by molar-refractivity contribution is -0.196. The van der Waals surface area contributed by atoms with Crippen LogP contribution in [0, 0.1) is 17.3 Å². The topological polar surface area (TPSA) is 32.7 Å². The van der Waals surface area contributed by atoms with Gasteiger partial charge in [-0.25, -0.2) is 0 Å². The minimum atomic E-state index is -2.65. The fraction of sp³-hybridized carbons (Fsp3) is 0.760. The molecular weight excluding hydrogens is 384 g/mol. The van der Waals surface area contributed by atoms with E-state index in [9.17, 15) is 13.9 Å². The molecule has 30 heavy (non-hydrogen) atoms. The smallest absolute Gasteiger partial charge is 0.345 e. The summed E-state index contributed by atoms with van der Waals surface area (Å²) >= 11 is 0. The van der Waals surface area contributed by atoms with Crippen molar-refractivity contribution in [2.45, 2.75) is 83.5 Å². The highest BCUT2D eigenvalue weighted by molar-refractivity contribution is 5.27. The van der Waals surface area contributed by atoms with E-state index in [-0.39, 0.29) is 12.2 Å². The summed E-state index contributed by atoms with van der Waals surface area (Å²) in [5.41, 5.74) is 4.29. The first-order chi connectivity index (χ1) is 14.3. The fourth-order valence-electron chi connectivity index (χ4n) is 6.45. The zero-order chi connectivity index (χ0) is 21.3. The van der Waals surface area contributed by atoms with Gasteiger partial charge in [-0.05, 0) is 87.2 Å². The molecule has 0 spiro atoms. The molecule has 3 unspecified atom stereocenters. The number of allylic oxidation sites excluding steroid dienone is 3. The molecule has 4 atom stereocenters. The molecule has 0 aromatic heterocycles. The van der Waals surface area contributed by atoms with Gasteiger partial charge in [-0.3, -0.25) is 4.90 Å². The Bertz CT molecular complexity index is 697. The van der Waals surface area contributed by atoms with E-state index in [0.717, 1.165) is 37.8 Å². The molecule has 0 aromatic rings. The van der Waals surface area contributed by atoms with Crippen LogP contribution in [0.25, 0.3) is 0 Å². The predicted molar refractivity (Wildman–Crippen MR) is 115 cm³/mol. The Labute approximate surface area is 179 Å². The van der Waals surface area contributed by atoms with Crippen LogP contribution in [0.15, 0.2) is 35.5 Å². The summed E-state index contributed by atoms with van der Waals surface area (Å²) in [7, 11) is 0. The van der Waals surface area contributed by atoms with Crippen LogP contribution in [0.5, 0.6) is 0 Å².